The first-order valence-electron chi connectivity index (χ1n) is 5.20. The average molecular weight is 222 g/mol. The van der Waals surface area contributed by atoms with E-state index in [1.807, 2.05) is 6.92 Å². The van der Waals surface area contributed by atoms with Gasteiger partial charge in [0.15, 0.2) is 0 Å². The third-order valence-electron chi connectivity index (χ3n) is 2.57. The predicted octanol–water partition coefficient (Wildman–Crippen LogP) is 0.718. The number of ether oxygens (including phenoxy) is 2. The molecule has 1 aromatic rings. The molecule has 5 heteroatoms. The SMILES string of the molecule is CCOC1Cc2c(nc[nH]c2=O)C=C1OC. The number of H-pyrrole nitrogens is 1. The van der Waals surface area contributed by atoms with Crippen LogP contribution < -0.4 is 5.56 Å². The van der Waals surface area contributed by atoms with Crippen LogP contribution in [0.4, 0.5) is 0 Å². The molecule has 0 fully saturated rings. The molecule has 0 saturated heterocycles. The summed E-state index contributed by atoms with van der Waals surface area (Å²) >= 11 is 0. The van der Waals surface area contributed by atoms with Crippen molar-refractivity contribution in [1.29, 1.82) is 0 Å². The van der Waals surface area contributed by atoms with Gasteiger partial charge in [-0.05, 0) is 6.92 Å². The number of aromatic amines is 1. The van der Waals surface area contributed by atoms with Crippen molar-refractivity contribution in [3.05, 3.63) is 33.7 Å². The molecule has 1 aromatic heterocycles. The molecule has 5 nitrogen and oxygen atoms in total. The number of methoxy groups -OCH3 is 1. The first-order chi connectivity index (χ1) is 7.76. The Bertz CT molecular complexity index is 465. The van der Waals surface area contributed by atoms with Gasteiger partial charge in [0.25, 0.3) is 5.56 Å². The lowest BCUT2D eigenvalue weighted by Crippen LogP contribution is -2.29. The number of hydrogen-bond donors (Lipinski definition) is 1. The monoisotopic (exact) mass is 222 g/mol. The number of nitrogens with zero attached hydrogens (tertiary/aromatic N) is 1. The highest BCUT2D eigenvalue weighted by atomic mass is 16.5. The molecule has 0 saturated carbocycles. The predicted molar refractivity (Wildman–Crippen MR) is 59.0 cm³/mol. The molecule has 0 radical (unpaired) electrons. The second-order valence-electron chi connectivity index (χ2n) is 3.49. The standard InChI is InChI=1S/C11H14N2O3/c1-3-16-10-4-7-8(5-9(10)15-2)12-6-13-11(7)14/h5-6,10H,3-4H2,1-2H3,(H,12,13,14). The zero-order chi connectivity index (χ0) is 11.5. The van der Waals surface area contributed by atoms with Gasteiger partial charge in [0.2, 0.25) is 0 Å². The summed E-state index contributed by atoms with van der Waals surface area (Å²) in [5, 5.41) is 0. The number of rotatable bonds is 3. The molecule has 2 rings (SSSR count). The van der Waals surface area contributed by atoms with Crippen LogP contribution in [0.25, 0.3) is 6.08 Å². The minimum Gasteiger partial charge on any atom is -0.498 e. The molecule has 0 bridgehead atoms. The van der Waals surface area contributed by atoms with Gasteiger partial charge in [-0.15, -0.1) is 0 Å². The van der Waals surface area contributed by atoms with Gasteiger partial charge in [-0.3, -0.25) is 4.79 Å². The largest absolute Gasteiger partial charge is 0.498 e. The second kappa shape index (κ2) is 4.49. The van der Waals surface area contributed by atoms with Crippen LogP contribution in [-0.2, 0) is 15.9 Å². The maximum atomic E-state index is 11.6. The summed E-state index contributed by atoms with van der Waals surface area (Å²) < 4.78 is 10.8. The van der Waals surface area contributed by atoms with Gasteiger partial charge in [-0.25, -0.2) is 4.98 Å². The van der Waals surface area contributed by atoms with E-state index < -0.39 is 0 Å². The van der Waals surface area contributed by atoms with E-state index in [0.717, 1.165) is 0 Å². The fraction of sp³-hybridized carbons (Fsp3) is 0.455. The summed E-state index contributed by atoms with van der Waals surface area (Å²) in [5.41, 5.74) is 1.21. The maximum absolute atomic E-state index is 11.6. The molecule has 0 aromatic carbocycles. The van der Waals surface area contributed by atoms with E-state index in [2.05, 4.69) is 9.97 Å². The highest BCUT2D eigenvalue weighted by Crippen LogP contribution is 2.22. The van der Waals surface area contributed by atoms with Gasteiger partial charge in [0, 0.05) is 24.7 Å². The smallest absolute Gasteiger partial charge is 0.254 e. The molecule has 0 amide bonds. The summed E-state index contributed by atoms with van der Waals surface area (Å²) in [4.78, 5) is 18.3. The highest BCUT2D eigenvalue weighted by molar-refractivity contribution is 5.55. The van der Waals surface area contributed by atoms with Crippen molar-refractivity contribution in [1.82, 2.24) is 9.97 Å². The van der Waals surface area contributed by atoms with E-state index in [9.17, 15) is 4.79 Å². The Morgan fingerprint density at radius 3 is 3.12 bits per heavy atom. The van der Waals surface area contributed by atoms with Gasteiger partial charge in [0.05, 0.1) is 19.1 Å². The van der Waals surface area contributed by atoms with E-state index in [-0.39, 0.29) is 11.7 Å². The Morgan fingerprint density at radius 2 is 2.44 bits per heavy atom. The van der Waals surface area contributed by atoms with Crippen LogP contribution in [0.5, 0.6) is 0 Å². The summed E-state index contributed by atoms with van der Waals surface area (Å²) in [6, 6.07) is 0. The van der Waals surface area contributed by atoms with Crippen LogP contribution in [0.2, 0.25) is 0 Å². The quantitative estimate of drug-likeness (QED) is 0.818. The van der Waals surface area contributed by atoms with Crippen LogP contribution in [0, 0.1) is 0 Å². The molecule has 1 heterocycles. The number of aromatic nitrogens is 2. The van der Waals surface area contributed by atoms with Crippen molar-refractivity contribution in [3.63, 3.8) is 0 Å². The highest BCUT2D eigenvalue weighted by Gasteiger charge is 2.25. The lowest BCUT2D eigenvalue weighted by atomic mass is 9.99. The Kier molecular flexibility index (Phi) is 3.05. The number of nitrogens with one attached hydrogen (secondary N) is 1. The normalized spacial score (nSPS) is 18.9. The van der Waals surface area contributed by atoms with Gasteiger partial charge in [-0.2, -0.15) is 0 Å². The van der Waals surface area contributed by atoms with E-state index in [0.29, 0.717) is 30.0 Å². The Morgan fingerprint density at radius 1 is 1.62 bits per heavy atom. The second-order valence-corrected chi connectivity index (χ2v) is 3.49. The average Bonchev–Trinajstić information content (AvgIpc) is 2.30. The molecule has 1 unspecified atom stereocenters. The number of fused-ring (bicyclic) bond motifs is 1. The summed E-state index contributed by atoms with van der Waals surface area (Å²) in [6.45, 7) is 2.50. The number of hydrogen-bond acceptors (Lipinski definition) is 4. The molecule has 86 valence electrons. The van der Waals surface area contributed by atoms with Crippen molar-refractivity contribution in [2.24, 2.45) is 0 Å². The van der Waals surface area contributed by atoms with Gasteiger partial charge >= 0.3 is 0 Å². The Balaban J connectivity index is 2.42. The summed E-state index contributed by atoms with van der Waals surface area (Å²) in [6.07, 6.45) is 3.47. The molecule has 0 aliphatic heterocycles. The Labute approximate surface area is 93.1 Å². The first-order valence-corrected chi connectivity index (χ1v) is 5.20. The van der Waals surface area contributed by atoms with Gasteiger partial charge in [-0.1, -0.05) is 0 Å². The molecule has 1 atom stereocenters. The molecule has 1 N–H and O–H groups in total. The van der Waals surface area contributed by atoms with Crippen LogP contribution in [-0.4, -0.2) is 29.8 Å². The summed E-state index contributed by atoms with van der Waals surface area (Å²) in [7, 11) is 1.59. The molecule has 1 aliphatic carbocycles. The van der Waals surface area contributed by atoms with Crippen molar-refractivity contribution < 1.29 is 9.47 Å². The fourth-order valence-corrected chi connectivity index (χ4v) is 1.81. The van der Waals surface area contributed by atoms with E-state index >= 15 is 0 Å². The topological polar surface area (TPSA) is 64.2 Å². The van der Waals surface area contributed by atoms with Crippen molar-refractivity contribution >= 4 is 6.08 Å². The van der Waals surface area contributed by atoms with Crippen LogP contribution in [0.1, 0.15) is 18.2 Å². The Hall–Kier alpha value is -1.62. The molecular weight excluding hydrogens is 208 g/mol. The van der Waals surface area contributed by atoms with E-state index in [1.54, 1.807) is 13.2 Å². The maximum Gasteiger partial charge on any atom is 0.254 e. The molecule has 0 spiro atoms. The van der Waals surface area contributed by atoms with Crippen LogP contribution in [0.3, 0.4) is 0 Å². The molecular formula is C11H14N2O3. The van der Waals surface area contributed by atoms with Crippen molar-refractivity contribution in [2.45, 2.75) is 19.4 Å². The molecule has 1 aliphatic rings. The first kappa shape index (κ1) is 10.9. The van der Waals surface area contributed by atoms with E-state index in [4.69, 9.17) is 9.47 Å². The third-order valence-corrected chi connectivity index (χ3v) is 2.57. The zero-order valence-corrected chi connectivity index (χ0v) is 9.32. The van der Waals surface area contributed by atoms with Crippen molar-refractivity contribution in [2.75, 3.05) is 13.7 Å². The van der Waals surface area contributed by atoms with Crippen LogP contribution >= 0.6 is 0 Å². The minimum absolute atomic E-state index is 0.110. The van der Waals surface area contributed by atoms with Gasteiger partial charge < -0.3 is 14.5 Å². The minimum atomic E-state index is -0.187. The van der Waals surface area contributed by atoms with Crippen LogP contribution in [0.15, 0.2) is 16.9 Å². The zero-order valence-electron chi connectivity index (χ0n) is 9.32. The fourth-order valence-electron chi connectivity index (χ4n) is 1.81. The summed E-state index contributed by atoms with van der Waals surface area (Å²) in [5.74, 6) is 0.715. The lowest BCUT2D eigenvalue weighted by molar-refractivity contribution is 0.0476. The molecule has 16 heavy (non-hydrogen) atoms. The van der Waals surface area contributed by atoms with Gasteiger partial charge in [0.1, 0.15) is 11.9 Å². The lowest BCUT2D eigenvalue weighted by Gasteiger charge is -2.23. The third kappa shape index (κ3) is 1.86. The van der Waals surface area contributed by atoms with E-state index in [1.165, 1.54) is 6.33 Å². The van der Waals surface area contributed by atoms with Crippen molar-refractivity contribution in [3.8, 4) is 0 Å².